The van der Waals surface area contributed by atoms with Crippen LogP contribution in [0.3, 0.4) is 0 Å². The minimum absolute atomic E-state index is 0.0350. The van der Waals surface area contributed by atoms with Gasteiger partial charge in [0.25, 0.3) is 0 Å². The van der Waals surface area contributed by atoms with E-state index in [1.165, 1.54) is 0 Å². The van der Waals surface area contributed by atoms with Gasteiger partial charge in [0, 0.05) is 5.57 Å². The van der Waals surface area contributed by atoms with E-state index in [-0.39, 0.29) is 6.61 Å². The molecule has 66 valence electrons. The highest BCUT2D eigenvalue weighted by Crippen LogP contribution is 2.09. The summed E-state index contributed by atoms with van der Waals surface area (Å²) in [5, 5.41) is 17.4. The van der Waals surface area contributed by atoms with E-state index in [0.29, 0.717) is 5.57 Å². The fraction of sp³-hybridized carbons (Fsp3) is 0.182. The smallest absolute Gasteiger partial charge is 0.0944 e. The topological polar surface area (TPSA) is 44.0 Å². The molecule has 1 N–H and O–H groups in total. The second kappa shape index (κ2) is 4.44. The minimum Gasteiger partial charge on any atom is -0.392 e. The molecule has 0 bridgehead atoms. The van der Waals surface area contributed by atoms with Gasteiger partial charge in [0.15, 0.2) is 0 Å². The zero-order chi connectivity index (χ0) is 9.68. The van der Waals surface area contributed by atoms with Gasteiger partial charge in [0.1, 0.15) is 0 Å². The Balaban J connectivity index is 2.97. The standard InChI is InChI=1S/C11H11NO/c1-9(7-12)5-10-3-2-4-11(6-10)8-13/h2-6,13H,8H2,1H3/b9-5+. The Morgan fingerprint density at radius 1 is 1.62 bits per heavy atom. The third-order valence-electron chi connectivity index (χ3n) is 1.69. The number of nitriles is 1. The summed E-state index contributed by atoms with van der Waals surface area (Å²) >= 11 is 0. The number of aliphatic hydroxyl groups is 1. The van der Waals surface area contributed by atoms with E-state index >= 15 is 0 Å². The van der Waals surface area contributed by atoms with E-state index in [1.807, 2.05) is 30.3 Å². The van der Waals surface area contributed by atoms with Crippen molar-refractivity contribution in [1.82, 2.24) is 0 Å². The predicted octanol–water partition coefficient (Wildman–Crippen LogP) is 2.11. The molecule has 1 aromatic carbocycles. The van der Waals surface area contributed by atoms with Crippen LogP contribution in [0, 0.1) is 11.3 Å². The molecule has 0 unspecified atom stereocenters. The molecule has 0 fully saturated rings. The highest BCUT2D eigenvalue weighted by Gasteiger charge is 1.92. The fourth-order valence-corrected chi connectivity index (χ4v) is 1.06. The number of benzene rings is 1. The normalized spacial score (nSPS) is 11.0. The number of hydrogen-bond acceptors (Lipinski definition) is 2. The molecule has 0 spiro atoms. The van der Waals surface area contributed by atoms with Crippen molar-refractivity contribution in [3.63, 3.8) is 0 Å². The summed E-state index contributed by atoms with van der Waals surface area (Å²) < 4.78 is 0. The third-order valence-corrected chi connectivity index (χ3v) is 1.69. The maximum absolute atomic E-state index is 8.87. The quantitative estimate of drug-likeness (QED) is 0.696. The number of nitrogens with zero attached hydrogens (tertiary/aromatic N) is 1. The lowest BCUT2D eigenvalue weighted by molar-refractivity contribution is 0.282. The van der Waals surface area contributed by atoms with E-state index in [2.05, 4.69) is 0 Å². The van der Waals surface area contributed by atoms with Gasteiger partial charge in [-0.2, -0.15) is 5.26 Å². The minimum atomic E-state index is 0.0350. The summed E-state index contributed by atoms with van der Waals surface area (Å²) in [7, 11) is 0. The van der Waals surface area contributed by atoms with Crippen LogP contribution in [-0.2, 0) is 6.61 Å². The Hall–Kier alpha value is -1.59. The van der Waals surface area contributed by atoms with Crippen molar-refractivity contribution >= 4 is 6.08 Å². The van der Waals surface area contributed by atoms with Crippen molar-refractivity contribution in [2.45, 2.75) is 13.5 Å². The Bertz CT molecular complexity index is 361. The highest BCUT2D eigenvalue weighted by atomic mass is 16.3. The molecule has 0 amide bonds. The molecular formula is C11H11NO. The molecule has 13 heavy (non-hydrogen) atoms. The van der Waals surface area contributed by atoms with Gasteiger partial charge >= 0.3 is 0 Å². The van der Waals surface area contributed by atoms with E-state index in [1.54, 1.807) is 13.0 Å². The van der Waals surface area contributed by atoms with Crippen LogP contribution in [0.5, 0.6) is 0 Å². The molecule has 2 heteroatoms. The Morgan fingerprint density at radius 2 is 2.38 bits per heavy atom. The molecule has 0 aliphatic rings. The first-order valence-electron chi connectivity index (χ1n) is 4.04. The van der Waals surface area contributed by atoms with E-state index < -0.39 is 0 Å². The number of allylic oxidation sites excluding steroid dienone is 1. The average molecular weight is 173 g/mol. The van der Waals surface area contributed by atoms with Gasteiger partial charge in [0.05, 0.1) is 12.7 Å². The molecule has 0 aliphatic carbocycles. The van der Waals surface area contributed by atoms with Crippen molar-refractivity contribution in [3.8, 4) is 6.07 Å². The van der Waals surface area contributed by atoms with Gasteiger partial charge in [0.2, 0.25) is 0 Å². The van der Waals surface area contributed by atoms with Crippen molar-refractivity contribution in [1.29, 1.82) is 5.26 Å². The van der Waals surface area contributed by atoms with E-state index in [9.17, 15) is 0 Å². The Kier molecular flexibility index (Phi) is 3.24. The van der Waals surface area contributed by atoms with Crippen LogP contribution in [-0.4, -0.2) is 5.11 Å². The van der Waals surface area contributed by atoms with E-state index in [0.717, 1.165) is 11.1 Å². The Morgan fingerprint density at radius 3 is 3.00 bits per heavy atom. The molecule has 0 aliphatic heterocycles. The summed E-state index contributed by atoms with van der Waals surface area (Å²) in [5.74, 6) is 0. The molecule has 2 nitrogen and oxygen atoms in total. The first-order valence-corrected chi connectivity index (χ1v) is 4.04. The van der Waals surface area contributed by atoms with Crippen LogP contribution < -0.4 is 0 Å². The third kappa shape index (κ3) is 2.73. The van der Waals surface area contributed by atoms with Crippen LogP contribution in [0.25, 0.3) is 6.08 Å². The van der Waals surface area contributed by atoms with Crippen molar-refractivity contribution < 1.29 is 5.11 Å². The summed E-state index contributed by atoms with van der Waals surface area (Å²) in [6, 6.07) is 9.52. The van der Waals surface area contributed by atoms with Crippen LogP contribution in [0.15, 0.2) is 29.8 Å². The Labute approximate surface area is 77.8 Å². The van der Waals surface area contributed by atoms with Gasteiger partial charge < -0.3 is 5.11 Å². The van der Waals surface area contributed by atoms with Gasteiger partial charge in [-0.1, -0.05) is 18.2 Å². The summed E-state index contributed by atoms with van der Waals surface area (Å²) in [4.78, 5) is 0. The lowest BCUT2D eigenvalue weighted by Crippen LogP contribution is -1.83. The molecule has 1 rings (SSSR count). The molecule has 0 aromatic heterocycles. The van der Waals surface area contributed by atoms with E-state index in [4.69, 9.17) is 10.4 Å². The summed E-state index contributed by atoms with van der Waals surface area (Å²) in [6.07, 6.45) is 1.79. The second-order valence-electron chi connectivity index (χ2n) is 2.84. The van der Waals surface area contributed by atoms with Crippen LogP contribution in [0.1, 0.15) is 18.1 Å². The average Bonchev–Trinajstić information content (AvgIpc) is 2.18. The molecule has 1 aromatic rings. The van der Waals surface area contributed by atoms with Gasteiger partial charge in [-0.3, -0.25) is 0 Å². The second-order valence-corrected chi connectivity index (χ2v) is 2.84. The zero-order valence-electron chi connectivity index (χ0n) is 7.49. The van der Waals surface area contributed by atoms with Crippen LogP contribution in [0.4, 0.5) is 0 Å². The molecule has 0 saturated heterocycles. The van der Waals surface area contributed by atoms with Gasteiger partial charge in [-0.15, -0.1) is 0 Å². The fourth-order valence-electron chi connectivity index (χ4n) is 1.06. The molecule has 0 saturated carbocycles. The number of hydrogen-bond donors (Lipinski definition) is 1. The maximum Gasteiger partial charge on any atom is 0.0944 e. The SMILES string of the molecule is C/C(C#N)=C\c1cccc(CO)c1. The van der Waals surface area contributed by atoms with Crippen molar-refractivity contribution in [2.75, 3.05) is 0 Å². The van der Waals surface area contributed by atoms with Gasteiger partial charge in [-0.25, -0.2) is 0 Å². The van der Waals surface area contributed by atoms with Crippen LogP contribution in [0.2, 0.25) is 0 Å². The molecule has 0 heterocycles. The largest absolute Gasteiger partial charge is 0.392 e. The lowest BCUT2D eigenvalue weighted by Gasteiger charge is -1.97. The summed E-state index contributed by atoms with van der Waals surface area (Å²) in [6.45, 7) is 1.79. The van der Waals surface area contributed by atoms with Crippen molar-refractivity contribution in [3.05, 3.63) is 41.0 Å². The summed E-state index contributed by atoms with van der Waals surface area (Å²) in [5.41, 5.74) is 2.47. The first-order chi connectivity index (χ1) is 6.26. The molecule has 0 radical (unpaired) electrons. The number of aliphatic hydroxyl groups excluding tert-OH is 1. The van der Waals surface area contributed by atoms with Crippen LogP contribution >= 0.6 is 0 Å². The predicted molar refractivity (Wildman–Crippen MR) is 51.6 cm³/mol. The van der Waals surface area contributed by atoms with Crippen molar-refractivity contribution in [2.24, 2.45) is 0 Å². The number of rotatable bonds is 2. The lowest BCUT2D eigenvalue weighted by atomic mass is 10.1. The zero-order valence-corrected chi connectivity index (χ0v) is 7.49. The maximum atomic E-state index is 8.87. The first kappa shape index (κ1) is 9.50. The molecular weight excluding hydrogens is 162 g/mol. The molecule has 0 atom stereocenters. The monoisotopic (exact) mass is 173 g/mol. The highest BCUT2D eigenvalue weighted by molar-refractivity contribution is 5.56. The van der Waals surface area contributed by atoms with Gasteiger partial charge in [-0.05, 0) is 30.2 Å².